The monoisotopic (exact) mass is 442 g/mol. The van der Waals surface area contributed by atoms with E-state index in [4.69, 9.17) is 26.7 Å². The lowest BCUT2D eigenvalue weighted by atomic mass is 9.76. The van der Waals surface area contributed by atoms with E-state index in [1.54, 1.807) is 19.5 Å². The third kappa shape index (κ3) is 3.22. The predicted molar refractivity (Wildman–Crippen MR) is 118 cm³/mol. The van der Waals surface area contributed by atoms with Gasteiger partial charge in [0.1, 0.15) is 5.02 Å². The summed E-state index contributed by atoms with van der Waals surface area (Å²) in [5.74, 6) is 1.31. The third-order valence-electron chi connectivity index (χ3n) is 6.33. The number of methoxy groups -OCH3 is 1. The molecule has 3 aromatic rings. The van der Waals surface area contributed by atoms with E-state index in [0.717, 1.165) is 65.9 Å². The molecular formula is C21H23ClN6OS. The van der Waals surface area contributed by atoms with Gasteiger partial charge < -0.3 is 15.0 Å². The van der Waals surface area contributed by atoms with Crippen molar-refractivity contribution in [2.24, 2.45) is 5.41 Å². The van der Waals surface area contributed by atoms with Crippen LogP contribution in [0.25, 0.3) is 5.65 Å². The van der Waals surface area contributed by atoms with E-state index in [9.17, 15) is 0 Å². The van der Waals surface area contributed by atoms with Crippen LogP contribution in [0.1, 0.15) is 32.1 Å². The van der Waals surface area contributed by atoms with Crippen molar-refractivity contribution in [1.82, 2.24) is 19.4 Å². The Kier molecular flexibility index (Phi) is 5.06. The number of piperidine rings is 1. The van der Waals surface area contributed by atoms with Gasteiger partial charge in [-0.3, -0.25) is 4.40 Å². The maximum absolute atomic E-state index is 8.37. The van der Waals surface area contributed by atoms with Crippen molar-refractivity contribution >= 4 is 40.7 Å². The average molecular weight is 443 g/mol. The molecule has 7 nitrogen and oxygen atoms in total. The summed E-state index contributed by atoms with van der Waals surface area (Å²) in [4.78, 5) is 17.6. The molecule has 1 aliphatic heterocycles. The topological polar surface area (TPSA) is 79.4 Å². The first kappa shape index (κ1) is 19.6. The molecule has 0 unspecified atom stereocenters. The number of hydrogen-bond acceptors (Lipinski definition) is 7. The summed E-state index contributed by atoms with van der Waals surface area (Å²) in [6, 6.07) is 1.86. The smallest absolute Gasteiger partial charge is 0.233 e. The maximum atomic E-state index is 8.37. The number of anilines is 1. The Bertz CT molecular complexity index is 1110. The average Bonchev–Trinajstić information content (AvgIpc) is 3.39. The molecule has 1 spiro atoms. The molecule has 3 aromatic heterocycles. The fraction of sp³-hybridized carbons (Fsp3) is 0.429. The molecule has 1 aliphatic carbocycles. The number of imidazole rings is 1. The molecule has 30 heavy (non-hydrogen) atoms. The van der Waals surface area contributed by atoms with Gasteiger partial charge in [-0.15, -0.1) is 0 Å². The summed E-state index contributed by atoms with van der Waals surface area (Å²) < 4.78 is 7.28. The molecular weight excluding hydrogens is 420 g/mol. The first-order valence-corrected chi connectivity index (χ1v) is 11.3. The van der Waals surface area contributed by atoms with Crippen molar-refractivity contribution in [3.8, 4) is 5.88 Å². The lowest BCUT2D eigenvalue weighted by Crippen LogP contribution is -2.43. The van der Waals surface area contributed by atoms with Crippen molar-refractivity contribution in [2.45, 2.75) is 41.9 Å². The molecule has 0 bridgehead atoms. The first-order chi connectivity index (χ1) is 14.6. The number of fused-ring (bicyclic) bond motifs is 1. The number of nitrogens with zero attached hydrogens (tertiary/aromatic N) is 5. The molecule has 0 radical (unpaired) electrons. The van der Waals surface area contributed by atoms with E-state index in [1.165, 1.54) is 18.2 Å². The standard InChI is InChI=1S/C21H23ClN6OS/c1-29-19-17(22)14(4-8-25-19)30-15-13-26-20(28-12-9-24-18(15)28)27-10-6-21(7-11-27)5-2-3-16(21)23/h4,8-9,12-13,23H,2-3,5-7,10-11H2,1H3. The summed E-state index contributed by atoms with van der Waals surface area (Å²) in [5.41, 5.74) is 1.95. The molecule has 2 aliphatic rings. The van der Waals surface area contributed by atoms with Crippen molar-refractivity contribution in [3.63, 3.8) is 0 Å². The Balaban J connectivity index is 1.42. The van der Waals surface area contributed by atoms with Gasteiger partial charge in [0.05, 0.1) is 12.0 Å². The Morgan fingerprint density at radius 2 is 1.97 bits per heavy atom. The SMILES string of the molecule is COc1nccc(Sc2cnc(N3CCC4(CCCC4=N)CC3)n3ccnc23)c1Cl. The first-order valence-electron chi connectivity index (χ1n) is 10.1. The molecule has 1 N–H and O–H groups in total. The highest BCUT2D eigenvalue weighted by Crippen LogP contribution is 2.44. The number of pyridine rings is 1. The molecule has 9 heteroatoms. The van der Waals surface area contributed by atoms with Crippen LogP contribution in [0.4, 0.5) is 5.95 Å². The largest absolute Gasteiger partial charge is 0.480 e. The van der Waals surface area contributed by atoms with Gasteiger partial charge >= 0.3 is 0 Å². The van der Waals surface area contributed by atoms with Gasteiger partial charge in [-0.1, -0.05) is 23.4 Å². The Morgan fingerprint density at radius 3 is 2.70 bits per heavy atom. The fourth-order valence-corrected chi connectivity index (χ4v) is 5.84. The highest BCUT2D eigenvalue weighted by atomic mass is 35.5. The zero-order valence-electron chi connectivity index (χ0n) is 16.8. The molecule has 2 fully saturated rings. The highest BCUT2D eigenvalue weighted by molar-refractivity contribution is 7.99. The molecule has 5 rings (SSSR count). The van der Waals surface area contributed by atoms with Crippen LogP contribution in [0, 0.1) is 10.8 Å². The van der Waals surface area contributed by atoms with Crippen LogP contribution in [0.3, 0.4) is 0 Å². The van der Waals surface area contributed by atoms with E-state index < -0.39 is 0 Å². The summed E-state index contributed by atoms with van der Waals surface area (Å²) >= 11 is 7.93. The van der Waals surface area contributed by atoms with Crippen LogP contribution in [0.15, 0.2) is 40.6 Å². The van der Waals surface area contributed by atoms with Crippen molar-refractivity contribution in [3.05, 3.63) is 35.9 Å². The molecule has 0 atom stereocenters. The van der Waals surface area contributed by atoms with E-state index >= 15 is 0 Å². The summed E-state index contributed by atoms with van der Waals surface area (Å²) in [6.07, 6.45) is 12.7. The third-order valence-corrected chi connectivity index (χ3v) is 7.88. The van der Waals surface area contributed by atoms with Crippen LogP contribution >= 0.6 is 23.4 Å². The molecule has 156 valence electrons. The van der Waals surface area contributed by atoms with E-state index in [0.29, 0.717) is 10.9 Å². The Labute approximate surface area is 184 Å². The van der Waals surface area contributed by atoms with Crippen molar-refractivity contribution < 1.29 is 4.74 Å². The van der Waals surface area contributed by atoms with Crippen molar-refractivity contribution in [2.75, 3.05) is 25.1 Å². The lowest BCUT2D eigenvalue weighted by molar-refractivity contribution is 0.316. The quantitative estimate of drug-likeness (QED) is 0.629. The van der Waals surface area contributed by atoms with E-state index in [2.05, 4.69) is 14.9 Å². The number of aromatic nitrogens is 4. The fourth-order valence-electron chi connectivity index (χ4n) is 4.64. The van der Waals surface area contributed by atoms with Crippen LogP contribution in [-0.2, 0) is 0 Å². The van der Waals surface area contributed by atoms with E-state index in [-0.39, 0.29) is 5.41 Å². The minimum atomic E-state index is 0.136. The number of rotatable bonds is 4. The number of ether oxygens (including phenoxy) is 1. The van der Waals surface area contributed by atoms with Crippen LogP contribution < -0.4 is 9.64 Å². The van der Waals surface area contributed by atoms with E-state index in [1.807, 2.05) is 22.9 Å². The van der Waals surface area contributed by atoms with Crippen LogP contribution in [-0.4, -0.2) is 45.3 Å². The summed E-state index contributed by atoms with van der Waals surface area (Å²) in [6.45, 7) is 1.84. The Morgan fingerprint density at radius 1 is 1.13 bits per heavy atom. The van der Waals surface area contributed by atoms with Gasteiger partial charge in [0.25, 0.3) is 0 Å². The zero-order chi connectivity index (χ0) is 20.7. The number of halogens is 1. The van der Waals surface area contributed by atoms with Gasteiger partial charge in [0, 0.05) is 53.9 Å². The Hall–Kier alpha value is -2.32. The normalized spacial score (nSPS) is 18.5. The second-order valence-corrected chi connectivity index (χ2v) is 9.34. The highest BCUT2D eigenvalue weighted by Gasteiger charge is 2.41. The van der Waals surface area contributed by atoms with Crippen LogP contribution in [0.5, 0.6) is 5.88 Å². The van der Waals surface area contributed by atoms with Gasteiger partial charge in [0.2, 0.25) is 11.8 Å². The maximum Gasteiger partial charge on any atom is 0.233 e. The summed E-state index contributed by atoms with van der Waals surface area (Å²) in [5, 5.41) is 8.86. The van der Waals surface area contributed by atoms with Gasteiger partial charge in [-0.2, -0.15) is 0 Å². The van der Waals surface area contributed by atoms with Crippen LogP contribution in [0.2, 0.25) is 5.02 Å². The second kappa shape index (κ2) is 7.74. The second-order valence-electron chi connectivity index (χ2n) is 7.88. The number of hydrogen-bond donors (Lipinski definition) is 1. The van der Waals surface area contributed by atoms with Gasteiger partial charge in [0.15, 0.2) is 5.65 Å². The van der Waals surface area contributed by atoms with Gasteiger partial charge in [-0.05, 0) is 38.2 Å². The lowest BCUT2D eigenvalue weighted by Gasteiger charge is -2.40. The number of nitrogens with one attached hydrogen (secondary N) is 1. The summed E-state index contributed by atoms with van der Waals surface area (Å²) in [7, 11) is 1.56. The van der Waals surface area contributed by atoms with Crippen molar-refractivity contribution in [1.29, 1.82) is 5.41 Å². The molecule has 1 saturated carbocycles. The molecule has 0 amide bonds. The molecule has 0 aromatic carbocycles. The molecule has 1 saturated heterocycles. The minimum absolute atomic E-state index is 0.136. The predicted octanol–water partition coefficient (Wildman–Crippen LogP) is 4.73. The van der Waals surface area contributed by atoms with Gasteiger partial charge in [-0.25, -0.2) is 15.0 Å². The minimum Gasteiger partial charge on any atom is -0.480 e. The zero-order valence-corrected chi connectivity index (χ0v) is 18.3. The molecule has 4 heterocycles.